The smallest absolute Gasteiger partial charge is 0.391 e. The number of alkyl halides is 3. The molecule has 0 radical (unpaired) electrons. The highest BCUT2D eigenvalue weighted by Crippen LogP contribution is 2.33. The molecule has 1 saturated heterocycles. The van der Waals surface area contributed by atoms with Gasteiger partial charge in [0.15, 0.2) is 5.65 Å². The number of aryl methyl sites for hydroxylation is 1. The van der Waals surface area contributed by atoms with Gasteiger partial charge >= 0.3 is 6.18 Å². The van der Waals surface area contributed by atoms with Gasteiger partial charge in [-0.2, -0.15) is 18.3 Å². The van der Waals surface area contributed by atoms with Crippen LogP contribution in [-0.4, -0.2) is 54.4 Å². The van der Waals surface area contributed by atoms with Crippen LogP contribution in [0.3, 0.4) is 0 Å². The number of aromatic nitrogens is 4. The third-order valence-corrected chi connectivity index (χ3v) is 5.51. The lowest BCUT2D eigenvalue weighted by molar-refractivity contribution is -0.137. The van der Waals surface area contributed by atoms with Gasteiger partial charge in [0, 0.05) is 32.0 Å². The molecule has 31 heavy (non-hydrogen) atoms. The Kier molecular flexibility index (Phi) is 4.30. The summed E-state index contributed by atoms with van der Waals surface area (Å²) >= 11 is 0. The molecule has 0 saturated carbocycles. The van der Waals surface area contributed by atoms with E-state index < -0.39 is 17.8 Å². The van der Waals surface area contributed by atoms with E-state index in [1.54, 1.807) is 39.5 Å². The van der Waals surface area contributed by atoms with Gasteiger partial charge < -0.3 is 10.0 Å². The number of aliphatic hydroxyl groups excluding tert-OH is 1. The van der Waals surface area contributed by atoms with Crippen LogP contribution in [0.25, 0.3) is 27.8 Å². The first-order chi connectivity index (χ1) is 14.7. The second-order valence-corrected chi connectivity index (χ2v) is 7.68. The van der Waals surface area contributed by atoms with Crippen LogP contribution in [-0.2, 0) is 13.2 Å². The molecule has 4 heterocycles. The standard InChI is InChI=1S/C21H18F3N5O2/c1-27-11-15-18-17(7-6-16(25-18)20(31)28-9-8-14(30)10-28)29(19(15)26-27)13-4-2-12(3-5-13)21(22,23)24/h2-7,11,14,30H,8-10H2,1H3. The fraction of sp³-hybridized carbons (Fsp3) is 0.286. The number of pyridine rings is 1. The van der Waals surface area contributed by atoms with Crippen LogP contribution in [0.5, 0.6) is 0 Å². The highest BCUT2D eigenvalue weighted by molar-refractivity contribution is 6.07. The van der Waals surface area contributed by atoms with Crippen LogP contribution in [0.2, 0.25) is 0 Å². The highest BCUT2D eigenvalue weighted by Gasteiger charge is 2.30. The molecule has 0 spiro atoms. The molecule has 1 unspecified atom stereocenters. The monoisotopic (exact) mass is 429 g/mol. The summed E-state index contributed by atoms with van der Waals surface area (Å²) in [5, 5.41) is 14.8. The van der Waals surface area contributed by atoms with E-state index in [1.807, 2.05) is 0 Å². The Morgan fingerprint density at radius 3 is 2.55 bits per heavy atom. The van der Waals surface area contributed by atoms with Crippen molar-refractivity contribution >= 4 is 28.0 Å². The maximum Gasteiger partial charge on any atom is 0.416 e. The molecule has 0 aliphatic carbocycles. The molecule has 10 heteroatoms. The lowest BCUT2D eigenvalue weighted by atomic mass is 10.2. The van der Waals surface area contributed by atoms with Gasteiger partial charge in [0.1, 0.15) is 11.2 Å². The van der Waals surface area contributed by atoms with Gasteiger partial charge in [0.25, 0.3) is 5.91 Å². The fourth-order valence-corrected chi connectivity index (χ4v) is 4.02. The Hall–Kier alpha value is -3.40. The van der Waals surface area contributed by atoms with E-state index in [9.17, 15) is 23.1 Å². The summed E-state index contributed by atoms with van der Waals surface area (Å²) in [5.74, 6) is -0.266. The molecule has 1 aliphatic heterocycles. The summed E-state index contributed by atoms with van der Waals surface area (Å²) in [6.45, 7) is 0.738. The largest absolute Gasteiger partial charge is 0.416 e. The zero-order chi connectivity index (χ0) is 21.9. The Morgan fingerprint density at radius 1 is 1.16 bits per heavy atom. The molecule has 1 atom stereocenters. The molecule has 1 fully saturated rings. The number of β-amino-alcohol motifs (C(OH)–C–C–N with tert-alkyl or cyclic N) is 1. The van der Waals surface area contributed by atoms with Crippen LogP contribution in [0, 0.1) is 0 Å². The summed E-state index contributed by atoms with van der Waals surface area (Å²) in [6, 6.07) is 8.15. The minimum absolute atomic E-state index is 0.247. The predicted molar refractivity (Wildman–Crippen MR) is 107 cm³/mol. The van der Waals surface area contributed by atoms with E-state index in [-0.39, 0.29) is 18.1 Å². The molecule has 1 aliphatic rings. The van der Waals surface area contributed by atoms with Gasteiger partial charge in [-0.25, -0.2) is 4.98 Å². The lowest BCUT2D eigenvalue weighted by Gasteiger charge is -2.15. The topological polar surface area (TPSA) is 76.2 Å². The lowest BCUT2D eigenvalue weighted by Crippen LogP contribution is -2.30. The summed E-state index contributed by atoms with van der Waals surface area (Å²) in [5.41, 5.74) is 1.73. The Morgan fingerprint density at radius 2 is 1.90 bits per heavy atom. The van der Waals surface area contributed by atoms with Gasteiger partial charge in [-0.05, 0) is 42.8 Å². The third kappa shape index (κ3) is 3.23. The SMILES string of the molecule is Cn1cc2c3nc(C(=O)N4CCC(O)C4)ccc3n(-c3ccc(C(F)(F)F)cc3)c2n1. The summed E-state index contributed by atoms with van der Waals surface area (Å²) in [6.07, 6.45) is -2.65. The number of nitrogens with zero attached hydrogens (tertiary/aromatic N) is 5. The van der Waals surface area contributed by atoms with E-state index >= 15 is 0 Å². The van der Waals surface area contributed by atoms with Crippen molar-refractivity contribution in [1.82, 2.24) is 24.2 Å². The second-order valence-electron chi connectivity index (χ2n) is 7.68. The summed E-state index contributed by atoms with van der Waals surface area (Å²) in [4.78, 5) is 18.9. The minimum Gasteiger partial charge on any atom is -0.391 e. The molecule has 5 rings (SSSR count). The van der Waals surface area contributed by atoms with E-state index in [1.165, 1.54) is 12.1 Å². The molecule has 4 aromatic rings. The number of hydrogen-bond donors (Lipinski definition) is 1. The normalized spacial score (nSPS) is 17.2. The van der Waals surface area contributed by atoms with E-state index in [2.05, 4.69) is 10.1 Å². The number of carbonyl (C=O) groups excluding carboxylic acids is 1. The first kappa shape index (κ1) is 19.6. The Bertz CT molecular complexity index is 1310. The molecule has 160 valence electrons. The van der Waals surface area contributed by atoms with Gasteiger partial charge in [-0.1, -0.05) is 0 Å². The minimum atomic E-state index is -4.42. The Labute approximate surface area is 174 Å². The van der Waals surface area contributed by atoms with Crippen molar-refractivity contribution in [2.75, 3.05) is 13.1 Å². The van der Waals surface area contributed by atoms with Crippen molar-refractivity contribution in [2.24, 2.45) is 7.05 Å². The molecule has 7 nitrogen and oxygen atoms in total. The van der Waals surface area contributed by atoms with E-state index in [0.29, 0.717) is 40.7 Å². The van der Waals surface area contributed by atoms with Crippen molar-refractivity contribution in [3.8, 4) is 5.69 Å². The van der Waals surface area contributed by atoms with E-state index in [0.717, 1.165) is 12.1 Å². The molecular formula is C21H18F3N5O2. The van der Waals surface area contributed by atoms with Crippen LogP contribution in [0.4, 0.5) is 13.2 Å². The van der Waals surface area contributed by atoms with Crippen LogP contribution in [0.15, 0.2) is 42.6 Å². The van der Waals surface area contributed by atoms with Crippen molar-refractivity contribution in [3.63, 3.8) is 0 Å². The summed E-state index contributed by atoms with van der Waals surface area (Å²) < 4.78 is 42.2. The second kappa shape index (κ2) is 6.81. The summed E-state index contributed by atoms with van der Waals surface area (Å²) in [7, 11) is 1.74. The number of amides is 1. The predicted octanol–water partition coefficient (Wildman–Crippen LogP) is 3.14. The van der Waals surface area contributed by atoms with Crippen LogP contribution >= 0.6 is 0 Å². The first-order valence-corrected chi connectivity index (χ1v) is 9.72. The zero-order valence-corrected chi connectivity index (χ0v) is 16.5. The average Bonchev–Trinajstić information content (AvgIpc) is 3.40. The highest BCUT2D eigenvalue weighted by atomic mass is 19.4. The number of fused-ring (bicyclic) bond motifs is 3. The number of halogens is 3. The number of benzene rings is 1. The maximum absolute atomic E-state index is 13.0. The zero-order valence-electron chi connectivity index (χ0n) is 16.5. The van der Waals surface area contributed by atoms with Crippen LogP contribution < -0.4 is 0 Å². The van der Waals surface area contributed by atoms with Gasteiger partial charge in [-0.3, -0.25) is 14.0 Å². The average molecular weight is 429 g/mol. The molecule has 1 amide bonds. The van der Waals surface area contributed by atoms with Gasteiger partial charge in [0.05, 0.1) is 22.6 Å². The number of aliphatic hydroxyl groups is 1. The quantitative estimate of drug-likeness (QED) is 0.531. The molecule has 1 aromatic carbocycles. The Balaban J connectivity index is 1.64. The number of carbonyl (C=O) groups is 1. The maximum atomic E-state index is 13.0. The number of likely N-dealkylation sites (tertiary alicyclic amines) is 1. The van der Waals surface area contributed by atoms with Gasteiger partial charge in [0.2, 0.25) is 0 Å². The molecule has 3 aromatic heterocycles. The molecular weight excluding hydrogens is 411 g/mol. The first-order valence-electron chi connectivity index (χ1n) is 9.72. The van der Waals surface area contributed by atoms with Crippen molar-refractivity contribution in [1.29, 1.82) is 0 Å². The fourth-order valence-electron chi connectivity index (χ4n) is 4.02. The van der Waals surface area contributed by atoms with Crippen molar-refractivity contribution in [2.45, 2.75) is 18.7 Å². The van der Waals surface area contributed by atoms with Crippen LogP contribution in [0.1, 0.15) is 22.5 Å². The number of rotatable bonds is 2. The molecule has 1 N–H and O–H groups in total. The van der Waals surface area contributed by atoms with Gasteiger partial charge in [-0.15, -0.1) is 0 Å². The van der Waals surface area contributed by atoms with Crippen molar-refractivity contribution in [3.05, 3.63) is 53.9 Å². The third-order valence-electron chi connectivity index (χ3n) is 5.51. The number of hydrogen-bond acceptors (Lipinski definition) is 4. The van der Waals surface area contributed by atoms with E-state index in [4.69, 9.17) is 0 Å². The van der Waals surface area contributed by atoms with Crippen molar-refractivity contribution < 1.29 is 23.1 Å². The molecule has 0 bridgehead atoms.